The molecule has 8 heteroatoms. The van der Waals surface area contributed by atoms with Gasteiger partial charge in [0, 0.05) is 4.47 Å². The summed E-state index contributed by atoms with van der Waals surface area (Å²) in [5, 5.41) is 11.2. The van der Waals surface area contributed by atoms with Crippen molar-refractivity contribution in [2.75, 3.05) is 20.3 Å². The predicted molar refractivity (Wildman–Crippen MR) is 127 cm³/mol. The number of thioether (sulfide) groups is 1. The number of halogens is 1. The Bertz CT molecular complexity index is 1060. The summed E-state index contributed by atoms with van der Waals surface area (Å²) in [6.07, 6.45) is 1.76. The van der Waals surface area contributed by atoms with E-state index >= 15 is 0 Å². The first-order chi connectivity index (χ1) is 15.0. The van der Waals surface area contributed by atoms with Gasteiger partial charge in [0.25, 0.3) is 0 Å². The third kappa shape index (κ3) is 5.32. The lowest BCUT2D eigenvalue weighted by molar-refractivity contribution is -0.138. The molecule has 1 heterocycles. The third-order valence-corrected chi connectivity index (χ3v) is 5.93. The maximum Gasteiger partial charge on any atom is 0.344 e. The van der Waals surface area contributed by atoms with Crippen LogP contribution in [0.15, 0.2) is 68.2 Å². The van der Waals surface area contributed by atoms with Gasteiger partial charge in [-0.15, -0.1) is 0 Å². The number of ether oxygens (including phenoxy) is 3. The van der Waals surface area contributed by atoms with Gasteiger partial charge >= 0.3 is 5.97 Å². The highest BCUT2D eigenvalue weighted by atomic mass is 79.9. The summed E-state index contributed by atoms with van der Waals surface area (Å²) in [5.41, 5.74) is 1.47. The fourth-order valence-electron chi connectivity index (χ4n) is 2.84. The van der Waals surface area contributed by atoms with Gasteiger partial charge in [0.15, 0.2) is 11.5 Å². The summed E-state index contributed by atoms with van der Waals surface area (Å²) < 4.78 is 16.9. The van der Waals surface area contributed by atoms with E-state index in [-0.39, 0.29) is 17.9 Å². The number of esters is 1. The van der Waals surface area contributed by atoms with Gasteiger partial charge in [-0.05, 0) is 49.8 Å². The molecule has 0 unspecified atom stereocenters. The average molecular weight is 504 g/mol. The number of benzene rings is 2. The fraction of sp³-hybridized carbons (Fsp3) is 0.217. The minimum atomic E-state index is -0.617. The van der Waals surface area contributed by atoms with Crippen molar-refractivity contribution >= 4 is 50.5 Å². The van der Waals surface area contributed by atoms with Crippen LogP contribution in [0.3, 0.4) is 0 Å². The molecule has 1 N–H and O–H groups in total. The van der Waals surface area contributed by atoms with E-state index in [0.29, 0.717) is 33.7 Å². The zero-order valence-electron chi connectivity index (χ0n) is 17.3. The van der Waals surface area contributed by atoms with E-state index in [1.165, 1.54) is 11.8 Å². The van der Waals surface area contributed by atoms with Crippen molar-refractivity contribution in [1.82, 2.24) is 0 Å². The molecule has 0 amide bonds. The van der Waals surface area contributed by atoms with Crippen LogP contribution in [-0.4, -0.2) is 36.4 Å². The van der Waals surface area contributed by atoms with Crippen molar-refractivity contribution in [3.05, 3.63) is 68.7 Å². The van der Waals surface area contributed by atoms with Crippen LogP contribution in [0, 0.1) is 0 Å². The molecule has 0 bridgehead atoms. The van der Waals surface area contributed by atoms with Crippen molar-refractivity contribution in [2.24, 2.45) is 4.99 Å². The molecule has 31 heavy (non-hydrogen) atoms. The second-order valence-electron chi connectivity index (χ2n) is 6.26. The number of carbonyl (C=O) groups is 1. The van der Waals surface area contributed by atoms with Crippen LogP contribution in [0.4, 0.5) is 5.69 Å². The summed E-state index contributed by atoms with van der Waals surface area (Å²) in [6, 6.07) is 12.8. The van der Waals surface area contributed by atoms with E-state index < -0.39 is 5.97 Å². The minimum absolute atomic E-state index is 0.0518. The largest absolute Gasteiger partial charge is 0.506 e. The lowest BCUT2D eigenvalue weighted by Gasteiger charge is -2.11. The van der Waals surface area contributed by atoms with Crippen LogP contribution < -0.4 is 9.47 Å². The van der Waals surface area contributed by atoms with Crippen molar-refractivity contribution in [3.8, 4) is 11.5 Å². The Kier molecular flexibility index (Phi) is 7.81. The van der Waals surface area contributed by atoms with Gasteiger partial charge in [0.05, 0.1) is 30.9 Å². The molecule has 3 rings (SSSR count). The third-order valence-electron chi connectivity index (χ3n) is 4.23. The van der Waals surface area contributed by atoms with E-state index in [9.17, 15) is 9.90 Å². The molecule has 2 aromatic rings. The zero-order valence-corrected chi connectivity index (χ0v) is 19.7. The van der Waals surface area contributed by atoms with Gasteiger partial charge < -0.3 is 19.3 Å². The van der Waals surface area contributed by atoms with E-state index in [2.05, 4.69) is 20.9 Å². The Morgan fingerprint density at radius 2 is 1.90 bits per heavy atom. The van der Waals surface area contributed by atoms with Crippen molar-refractivity contribution in [3.63, 3.8) is 0 Å². The number of aliphatic hydroxyl groups excluding tert-OH is 1. The van der Waals surface area contributed by atoms with Gasteiger partial charge in [-0.3, -0.25) is 0 Å². The smallest absolute Gasteiger partial charge is 0.344 e. The number of aliphatic imine (C=N–C) groups is 1. The van der Waals surface area contributed by atoms with Crippen LogP contribution in [-0.2, 0) is 9.53 Å². The first-order valence-electron chi connectivity index (χ1n) is 9.63. The van der Waals surface area contributed by atoms with E-state index in [4.69, 9.17) is 14.2 Å². The van der Waals surface area contributed by atoms with Gasteiger partial charge in [-0.1, -0.05) is 45.9 Å². The summed E-state index contributed by atoms with van der Waals surface area (Å²) >= 11 is 4.74. The maximum atomic E-state index is 12.5. The molecular formula is C23H22BrNO5S. The van der Waals surface area contributed by atoms with Crippen molar-refractivity contribution < 1.29 is 24.1 Å². The summed E-state index contributed by atoms with van der Waals surface area (Å²) in [7, 11) is 1.56. The summed E-state index contributed by atoms with van der Waals surface area (Å²) in [4.78, 5) is 17.6. The maximum absolute atomic E-state index is 12.5. The Morgan fingerprint density at radius 1 is 1.16 bits per heavy atom. The minimum Gasteiger partial charge on any atom is -0.506 e. The van der Waals surface area contributed by atoms with Crippen LogP contribution in [0.1, 0.15) is 19.4 Å². The molecule has 0 saturated carbocycles. The highest BCUT2D eigenvalue weighted by molar-refractivity contribution is 9.10. The normalized spacial score (nSPS) is 16.1. The average Bonchev–Trinajstić information content (AvgIpc) is 3.05. The number of hydrogen-bond acceptors (Lipinski definition) is 7. The van der Waals surface area contributed by atoms with Crippen LogP contribution >= 0.6 is 27.7 Å². The molecule has 0 saturated heterocycles. The molecule has 162 valence electrons. The fourth-order valence-corrected chi connectivity index (χ4v) is 4.31. The molecule has 1 aliphatic heterocycles. The number of hydrogen-bond donors (Lipinski definition) is 1. The van der Waals surface area contributed by atoms with Gasteiger partial charge in [0.1, 0.15) is 16.4 Å². The zero-order chi connectivity index (χ0) is 22.4. The van der Waals surface area contributed by atoms with Crippen LogP contribution in [0.25, 0.3) is 6.08 Å². The molecule has 0 spiro atoms. The van der Waals surface area contributed by atoms with Crippen LogP contribution in [0.5, 0.6) is 11.5 Å². The monoisotopic (exact) mass is 503 g/mol. The lowest BCUT2D eigenvalue weighted by Crippen LogP contribution is -2.12. The topological polar surface area (TPSA) is 77.4 Å². The molecule has 0 fully saturated rings. The number of nitrogens with zero attached hydrogens (tertiary/aromatic N) is 1. The number of carbonyl (C=O) groups excluding carboxylic acids is 1. The molecule has 0 atom stereocenters. The highest BCUT2D eigenvalue weighted by Crippen LogP contribution is 2.42. The van der Waals surface area contributed by atoms with Crippen molar-refractivity contribution in [1.29, 1.82) is 0 Å². The molecule has 2 aromatic carbocycles. The second-order valence-corrected chi connectivity index (χ2v) is 8.15. The molecule has 0 aromatic heterocycles. The Hall–Kier alpha value is -2.71. The molecule has 0 aliphatic carbocycles. The van der Waals surface area contributed by atoms with Gasteiger partial charge in [-0.2, -0.15) is 0 Å². The molecular weight excluding hydrogens is 482 g/mol. The van der Waals surface area contributed by atoms with Crippen molar-refractivity contribution in [2.45, 2.75) is 13.8 Å². The predicted octanol–water partition coefficient (Wildman–Crippen LogP) is 6.05. The molecule has 0 radical (unpaired) electrons. The summed E-state index contributed by atoms with van der Waals surface area (Å²) in [6.45, 7) is 4.31. The highest BCUT2D eigenvalue weighted by Gasteiger charge is 2.33. The second kappa shape index (κ2) is 10.5. The lowest BCUT2D eigenvalue weighted by atomic mass is 10.1. The quantitative estimate of drug-likeness (QED) is 0.463. The van der Waals surface area contributed by atoms with Gasteiger partial charge in [0.2, 0.25) is 0 Å². The first kappa shape index (κ1) is 23.0. The first-order valence-corrected chi connectivity index (χ1v) is 11.2. The molecule has 6 nitrogen and oxygen atoms in total. The van der Waals surface area contributed by atoms with E-state index in [0.717, 1.165) is 10.0 Å². The number of aliphatic hydroxyl groups is 1. The van der Waals surface area contributed by atoms with E-state index in [1.807, 2.05) is 37.3 Å². The SMILES string of the molecule is CCOC(=O)C1=C(O)/C(=C/c2cc(OC)c(OCC)cc2Br)SC1=Nc1ccccc1. The van der Waals surface area contributed by atoms with Gasteiger partial charge in [-0.25, -0.2) is 9.79 Å². The van der Waals surface area contributed by atoms with E-state index in [1.54, 1.807) is 32.2 Å². The number of para-hydroxylation sites is 1. The standard InChI is InChI=1S/C23H22BrNO5S/c1-4-29-18-13-16(24)14(11-17(18)28-3)12-19-21(26)20(23(27)30-5-2)22(31-19)25-15-9-7-6-8-10-15/h6-13,26H,4-5H2,1-3H3/b19-12-,25-22?. The Morgan fingerprint density at radius 3 is 2.55 bits per heavy atom. The van der Waals surface area contributed by atoms with Crippen LogP contribution in [0.2, 0.25) is 0 Å². The number of rotatable bonds is 7. The molecule has 1 aliphatic rings. The number of methoxy groups -OCH3 is 1. The summed E-state index contributed by atoms with van der Waals surface area (Å²) in [5.74, 6) is 0.385. The Labute approximate surface area is 193 Å². The Balaban J connectivity index is 2.06.